The third-order valence-corrected chi connectivity index (χ3v) is 4.46. The Morgan fingerprint density at radius 1 is 1.54 bits per heavy atom. The van der Waals surface area contributed by atoms with Crippen molar-refractivity contribution in [2.24, 2.45) is 0 Å². The molecule has 0 aromatic heterocycles. The summed E-state index contributed by atoms with van der Waals surface area (Å²) < 4.78 is 0.0707. The van der Waals surface area contributed by atoms with Gasteiger partial charge in [0.15, 0.2) is 0 Å². The summed E-state index contributed by atoms with van der Waals surface area (Å²) in [7, 11) is 2.06. The van der Waals surface area contributed by atoms with Crippen molar-refractivity contribution in [3.63, 3.8) is 0 Å². The fourth-order valence-corrected chi connectivity index (χ4v) is 3.92. The molecule has 0 saturated carbocycles. The minimum absolute atomic E-state index is 0.0707. The van der Waals surface area contributed by atoms with Gasteiger partial charge in [-0.1, -0.05) is 6.92 Å². The van der Waals surface area contributed by atoms with Crippen molar-refractivity contribution >= 4 is 17.5 Å². The molecular formula is C10H19NOS. The molecule has 0 amide bonds. The SMILES string of the molecule is CCC1SC(C)(C)[C@@H](C(C)=O)N1C. The lowest BCUT2D eigenvalue weighted by Gasteiger charge is -2.27. The number of hydrogen-bond donors (Lipinski definition) is 0. The van der Waals surface area contributed by atoms with Crippen molar-refractivity contribution in [3.05, 3.63) is 0 Å². The van der Waals surface area contributed by atoms with Gasteiger partial charge in [0.25, 0.3) is 0 Å². The molecule has 13 heavy (non-hydrogen) atoms. The summed E-state index contributed by atoms with van der Waals surface area (Å²) in [5.41, 5.74) is 0. The Labute approximate surface area is 85.1 Å². The molecule has 1 aliphatic rings. The predicted octanol–water partition coefficient (Wildman–Crippen LogP) is 2.14. The Morgan fingerprint density at radius 2 is 2.08 bits per heavy atom. The van der Waals surface area contributed by atoms with Gasteiger partial charge in [-0.15, -0.1) is 11.8 Å². The highest BCUT2D eigenvalue weighted by Crippen LogP contribution is 2.44. The third kappa shape index (κ3) is 1.91. The molecule has 1 unspecified atom stereocenters. The Hall–Kier alpha value is -0.0200. The van der Waals surface area contributed by atoms with E-state index in [1.807, 2.05) is 11.8 Å². The molecule has 1 aliphatic heterocycles. The average molecular weight is 201 g/mol. The van der Waals surface area contributed by atoms with E-state index in [0.717, 1.165) is 6.42 Å². The number of carbonyl (C=O) groups is 1. The van der Waals surface area contributed by atoms with Gasteiger partial charge in [0.1, 0.15) is 5.78 Å². The van der Waals surface area contributed by atoms with Gasteiger partial charge in [0.2, 0.25) is 0 Å². The largest absolute Gasteiger partial charge is 0.298 e. The minimum atomic E-state index is 0.0707. The monoisotopic (exact) mass is 201 g/mol. The summed E-state index contributed by atoms with van der Waals surface area (Å²) in [5, 5.41) is 0.504. The van der Waals surface area contributed by atoms with E-state index in [-0.39, 0.29) is 16.6 Å². The molecule has 0 bridgehead atoms. The quantitative estimate of drug-likeness (QED) is 0.682. The number of hydrogen-bond acceptors (Lipinski definition) is 3. The number of thioether (sulfide) groups is 1. The molecule has 1 saturated heterocycles. The van der Waals surface area contributed by atoms with Gasteiger partial charge in [-0.25, -0.2) is 0 Å². The molecule has 2 atom stereocenters. The maximum atomic E-state index is 11.5. The highest BCUT2D eigenvalue weighted by Gasteiger charge is 2.46. The lowest BCUT2D eigenvalue weighted by atomic mass is 9.98. The molecule has 0 N–H and O–H groups in total. The van der Waals surface area contributed by atoms with E-state index >= 15 is 0 Å². The fraction of sp³-hybridized carbons (Fsp3) is 0.900. The van der Waals surface area contributed by atoms with Crippen LogP contribution in [-0.2, 0) is 4.79 Å². The molecule has 1 rings (SSSR count). The first-order valence-corrected chi connectivity index (χ1v) is 5.68. The second-order valence-electron chi connectivity index (χ2n) is 4.26. The van der Waals surface area contributed by atoms with Crippen LogP contribution < -0.4 is 0 Å². The van der Waals surface area contributed by atoms with E-state index in [4.69, 9.17) is 0 Å². The molecule has 0 radical (unpaired) electrons. The summed E-state index contributed by atoms with van der Waals surface area (Å²) in [5.74, 6) is 0.288. The molecular weight excluding hydrogens is 182 g/mol. The molecule has 2 nitrogen and oxygen atoms in total. The maximum Gasteiger partial charge on any atom is 0.148 e. The smallest absolute Gasteiger partial charge is 0.148 e. The van der Waals surface area contributed by atoms with Gasteiger partial charge in [0, 0.05) is 4.75 Å². The first-order valence-electron chi connectivity index (χ1n) is 4.80. The zero-order valence-corrected chi connectivity index (χ0v) is 9.94. The number of Topliss-reactive ketones (excluding diaryl/α,β-unsaturated/α-hetero) is 1. The van der Waals surface area contributed by atoms with Crippen LogP contribution in [0.3, 0.4) is 0 Å². The summed E-state index contributed by atoms with van der Waals surface area (Å²) in [4.78, 5) is 13.7. The van der Waals surface area contributed by atoms with Gasteiger partial charge in [-0.05, 0) is 34.2 Å². The number of likely N-dealkylation sites (N-methyl/N-ethyl adjacent to an activating group) is 1. The zero-order chi connectivity index (χ0) is 10.2. The van der Waals surface area contributed by atoms with Crippen LogP contribution in [0.25, 0.3) is 0 Å². The number of rotatable bonds is 2. The summed E-state index contributed by atoms with van der Waals surface area (Å²) in [6.07, 6.45) is 1.11. The number of carbonyl (C=O) groups excluding carboxylic acids is 1. The van der Waals surface area contributed by atoms with Gasteiger partial charge < -0.3 is 0 Å². The second-order valence-corrected chi connectivity index (χ2v) is 6.09. The molecule has 0 aromatic carbocycles. The van der Waals surface area contributed by atoms with E-state index in [9.17, 15) is 4.79 Å². The molecule has 1 heterocycles. The van der Waals surface area contributed by atoms with Crippen LogP contribution in [0.5, 0.6) is 0 Å². The highest BCUT2D eigenvalue weighted by molar-refractivity contribution is 8.01. The fourth-order valence-electron chi connectivity index (χ4n) is 2.30. The Kier molecular flexibility index (Phi) is 3.08. The standard InChI is InChI=1S/C10H19NOS/c1-6-8-11(5)9(7(2)12)10(3,4)13-8/h8-9H,6H2,1-5H3/t8?,9-/m1/s1. The lowest BCUT2D eigenvalue weighted by Crippen LogP contribution is -2.44. The van der Waals surface area contributed by atoms with Crippen LogP contribution in [0.15, 0.2) is 0 Å². The second kappa shape index (κ2) is 3.62. The summed E-state index contributed by atoms with van der Waals surface area (Å²) in [6.45, 7) is 8.19. The van der Waals surface area contributed by atoms with E-state index < -0.39 is 0 Å². The zero-order valence-electron chi connectivity index (χ0n) is 9.13. The molecule has 76 valence electrons. The van der Waals surface area contributed by atoms with Crippen LogP contribution in [0.2, 0.25) is 0 Å². The lowest BCUT2D eigenvalue weighted by molar-refractivity contribution is -0.122. The van der Waals surface area contributed by atoms with Gasteiger partial charge >= 0.3 is 0 Å². The van der Waals surface area contributed by atoms with Crippen molar-refractivity contribution in [1.82, 2.24) is 4.90 Å². The van der Waals surface area contributed by atoms with E-state index in [1.165, 1.54) is 0 Å². The van der Waals surface area contributed by atoms with Crippen molar-refractivity contribution in [1.29, 1.82) is 0 Å². The van der Waals surface area contributed by atoms with Gasteiger partial charge in [0.05, 0.1) is 11.4 Å². The number of nitrogens with zero attached hydrogens (tertiary/aromatic N) is 1. The predicted molar refractivity (Wildman–Crippen MR) is 58.0 cm³/mol. The topological polar surface area (TPSA) is 20.3 Å². The average Bonchev–Trinajstić information content (AvgIpc) is 2.20. The Morgan fingerprint density at radius 3 is 2.31 bits per heavy atom. The van der Waals surface area contributed by atoms with Crippen molar-refractivity contribution in [3.8, 4) is 0 Å². The minimum Gasteiger partial charge on any atom is -0.298 e. The first kappa shape index (κ1) is 11.1. The Balaban J connectivity index is 2.87. The van der Waals surface area contributed by atoms with Crippen LogP contribution in [-0.4, -0.2) is 33.9 Å². The Bertz CT molecular complexity index is 215. The van der Waals surface area contributed by atoms with E-state index in [1.54, 1.807) is 6.92 Å². The summed E-state index contributed by atoms with van der Waals surface area (Å²) >= 11 is 1.92. The van der Waals surface area contributed by atoms with E-state index in [0.29, 0.717) is 5.37 Å². The molecule has 3 heteroatoms. The van der Waals surface area contributed by atoms with Gasteiger partial charge in [-0.3, -0.25) is 9.69 Å². The molecule has 1 fully saturated rings. The molecule has 0 aromatic rings. The van der Waals surface area contributed by atoms with Gasteiger partial charge in [-0.2, -0.15) is 0 Å². The van der Waals surface area contributed by atoms with Crippen molar-refractivity contribution < 1.29 is 4.79 Å². The molecule has 0 aliphatic carbocycles. The van der Waals surface area contributed by atoms with Crippen LogP contribution >= 0.6 is 11.8 Å². The van der Waals surface area contributed by atoms with Crippen LogP contribution in [0.4, 0.5) is 0 Å². The normalized spacial score (nSPS) is 33.6. The van der Waals surface area contributed by atoms with Crippen molar-refractivity contribution in [2.45, 2.75) is 50.3 Å². The molecule has 0 spiro atoms. The van der Waals surface area contributed by atoms with Crippen LogP contribution in [0, 0.1) is 0 Å². The van der Waals surface area contributed by atoms with Crippen molar-refractivity contribution in [2.75, 3.05) is 7.05 Å². The van der Waals surface area contributed by atoms with Crippen LogP contribution in [0.1, 0.15) is 34.1 Å². The number of ketones is 1. The van der Waals surface area contributed by atoms with E-state index in [2.05, 4.69) is 32.7 Å². The highest BCUT2D eigenvalue weighted by atomic mass is 32.2. The third-order valence-electron chi connectivity index (χ3n) is 2.69. The first-order chi connectivity index (χ1) is 5.90. The summed E-state index contributed by atoms with van der Waals surface area (Å²) in [6, 6.07) is 0.0856. The maximum absolute atomic E-state index is 11.5.